The van der Waals surface area contributed by atoms with Crippen LogP contribution in [0.25, 0.3) is 0 Å². The average Bonchev–Trinajstić information content (AvgIpc) is 2.28. The lowest BCUT2D eigenvalue weighted by atomic mass is 10.3. The van der Waals surface area contributed by atoms with E-state index >= 15 is 0 Å². The number of anilines is 2. The first-order valence-electron chi connectivity index (χ1n) is 5.41. The summed E-state index contributed by atoms with van der Waals surface area (Å²) in [4.78, 5) is 8.25. The molecule has 0 saturated carbocycles. The van der Waals surface area contributed by atoms with Crippen molar-refractivity contribution in [2.45, 2.75) is 25.8 Å². The minimum Gasteiger partial charge on any atom is -0.383 e. The van der Waals surface area contributed by atoms with Gasteiger partial charge in [0.2, 0.25) is 0 Å². The maximum atomic E-state index is 11.9. The van der Waals surface area contributed by atoms with Crippen molar-refractivity contribution >= 4 is 23.4 Å². The van der Waals surface area contributed by atoms with Gasteiger partial charge in [-0.2, -0.15) is 13.2 Å². The Balaban J connectivity index is 2.59. The molecular weight excluding hydrogens is 265 g/mol. The molecule has 0 spiro atoms. The highest BCUT2D eigenvalue weighted by molar-refractivity contribution is 8.00. The summed E-state index contributed by atoms with van der Waals surface area (Å²) < 4.78 is 35.8. The molecule has 102 valence electrons. The Morgan fingerprint density at radius 1 is 1.33 bits per heavy atom. The molecule has 0 aliphatic rings. The number of thioether (sulfide) groups is 1. The smallest absolute Gasteiger partial charge is 0.383 e. The van der Waals surface area contributed by atoms with Crippen molar-refractivity contribution in [1.29, 1.82) is 0 Å². The van der Waals surface area contributed by atoms with Crippen molar-refractivity contribution in [2.24, 2.45) is 0 Å². The van der Waals surface area contributed by atoms with Gasteiger partial charge in [-0.25, -0.2) is 9.97 Å². The summed E-state index contributed by atoms with van der Waals surface area (Å²) in [5, 5.41) is 2.85. The second kappa shape index (κ2) is 6.12. The summed E-state index contributed by atoms with van der Waals surface area (Å²) in [6.07, 6.45) is 0.621. The number of halogens is 3. The van der Waals surface area contributed by atoms with E-state index in [4.69, 9.17) is 5.73 Å². The van der Waals surface area contributed by atoms with Crippen LogP contribution < -0.4 is 11.1 Å². The zero-order chi connectivity index (χ0) is 13.8. The van der Waals surface area contributed by atoms with Crippen LogP contribution in [0, 0.1) is 6.92 Å². The van der Waals surface area contributed by atoms with Gasteiger partial charge in [0.25, 0.3) is 0 Å². The van der Waals surface area contributed by atoms with E-state index < -0.39 is 5.51 Å². The highest BCUT2D eigenvalue weighted by Gasteiger charge is 2.27. The molecule has 0 aliphatic heterocycles. The minimum absolute atomic E-state index is 0.0643. The molecule has 0 radical (unpaired) electrons. The van der Waals surface area contributed by atoms with Gasteiger partial charge in [0.05, 0.1) is 0 Å². The van der Waals surface area contributed by atoms with E-state index in [1.165, 1.54) is 0 Å². The van der Waals surface area contributed by atoms with E-state index in [1.54, 1.807) is 6.92 Å². The number of aryl methyl sites for hydroxylation is 1. The first-order valence-corrected chi connectivity index (χ1v) is 6.39. The molecule has 0 unspecified atom stereocenters. The quantitative estimate of drug-likeness (QED) is 0.812. The molecule has 8 heteroatoms. The third-order valence-corrected chi connectivity index (χ3v) is 2.94. The van der Waals surface area contributed by atoms with E-state index in [9.17, 15) is 13.2 Å². The first kappa shape index (κ1) is 14.9. The Bertz CT molecular complexity index is 409. The second-order valence-electron chi connectivity index (χ2n) is 3.57. The zero-order valence-electron chi connectivity index (χ0n) is 10.1. The number of hydrogen-bond donors (Lipinski definition) is 2. The highest BCUT2D eigenvalue weighted by Crippen LogP contribution is 2.29. The summed E-state index contributed by atoms with van der Waals surface area (Å²) in [5.74, 6) is 1.35. The normalized spacial score (nSPS) is 11.6. The molecule has 0 atom stereocenters. The lowest BCUT2D eigenvalue weighted by Crippen LogP contribution is -2.13. The number of nitrogens with one attached hydrogen (secondary N) is 1. The molecule has 0 amide bonds. The molecule has 0 aromatic carbocycles. The van der Waals surface area contributed by atoms with Gasteiger partial charge in [-0.3, -0.25) is 0 Å². The molecule has 0 saturated heterocycles. The van der Waals surface area contributed by atoms with E-state index in [-0.39, 0.29) is 24.1 Å². The summed E-state index contributed by atoms with van der Waals surface area (Å²) in [7, 11) is 0. The van der Waals surface area contributed by atoms with Crippen molar-refractivity contribution in [3.63, 3.8) is 0 Å². The van der Waals surface area contributed by atoms with Crippen LogP contribution in [-0.4, -0.2) is 27.8 Å². The Morgan fingerprint density at radius 3 is 2.56 bits per heavy atom. The van der Waals surface area contributed by atoms with Gasteiger partial charge in [-0.05, 0) is 18.7 Å². The van der Waals surface area contributed by atoms with Crippen molar-refractivity contribution in [3.05, 3.63) is 11.4 Å². The van der Waals surface area contributed by atoms with E-state index in [1.807, 2.05) is 6.92 Å². The highest BCUT2D eigenvalue weighted by atomic mass is 32.2. The van der Waals surface area contributed by atoms with Gasteiger partial charge in [0.1, 0.15) is 17.5 Å². The third-order valence-electron chi connectivity index (χ3n) is 2.21. The summed E-state index contributed by atoms with van der Waals surface area (Å²) >= 11 is -0.0643. The van der Waals surface area contributed by atoms with Gasteiger partial charge < -0.3 is 11.1 Å². The first-order chi connectivity index (χ1) is 8.33. The van der Waals surface area contributed by atoms with Crippen LogP contribution in [0.2, 0.25) is 0 Å². The number of nitrogens with two attached hydrogens (primary N) is 1. The molecule has 4 nitrogen and oxygen atoms in total. The van der Waals surface area contributed by atoms with Crippen LogP contribution in [0.15, 0.2) is 0 Å². The lowest BCUT2D eigenvalue weighted by Gasteiger charge is -2.11. The average molecular weight is 280 g/mol. The minimum atomic E-state index is -4.20. The summed E-state index contributed by atoms with van der Waals surface area (Å²) in [6, 6.07) is 0. The van der Waals surface area contributed by atoms with Gasteiger partial charge >= 0.3 is 5.51 Å². The van der Waals surface area contributed by atoms with Crippen molar-refractivity contribution in [1.82, 2.24) is 9.97 Å². The number of hydrogen-bond acceptors (Lipinski definition) is 5. The van der Waals surface area contributed by atoms with Crippen LogP contribution in [0.4, 0.5) is 24.8 Å². The SMILES string of the molecule is CCc1nc(N)c(C)c(NCCSC(F)(F)F)n1. The molecule has 0 bridgehead atoms. The molecule has 0 fully saturated rings. The Morgan fingerprint density at radius 2 is 2.00 bits per heavy atom. The van der Waals surface area contributed by atoms with Crippen LogP contribution in [0.1, 0.15) is 18.3 Å². The predicted molar refractivity (Wildman–Crippen MR) is 67.6 cm³/mol. The van der Waals surface area contributed by atoms with Crippen LogP contribution in [-0.2, 0) is 6.42 Å². The van der Waals surface area contributed by atoms with Gasteiger partial charge in [-0.1, -0.05) is 6.92 Å². The number of alkyl halides is 3. The molecule has 3 N–H and O–H groups in total. The number of rotatable bonds is 5. The molecule has 1 aromatic rings. The van der Waals surface area contributed by atoms with Crippen LogP contribution >= 0.6 is 11.8 Å². The number of aromatic nitrogens is 2. The van der Waals surface area contributed by atoms with Crippen molar-refractivity contribution in [3.8, 4) is 0 Å². The summed E-state index contributed by atoms with van der Waals surface area (Å²) in [6.45, 7) is 3.78. The van der Waals surface area contributed by atoms with Crippen LogP contribution in [0.5, 0.6) is 0 Å². The largest absolute Gasteiger partial charge is 0.441 e. The maximum Gasteiger partial charge on any atom is 0.441 e. The topological polar surface area (TPSA) is 63.8 Å². The fraction of sp³-hybridized carbons (Fsp3) is 0.600. The molecule has 1 aromatic heterocycles. The monoisotopic (exact) mass is 280 g/mol. The second-order valence-corrected chi connectivity index (χ2v) is 4.73. The van der Waals surface area contributed by atoms with Crippen molar-refractivity contribution in [2.75, 3.05) is 23.3 Å². The summed E-state index contributed by atoms with van der Waals surface area (Å²) in [5.41, 5.74) is 2.15. The fourth-order valence-corrected chi connectivity index (χ4v) is 1.68. The molecule has 1 heterocycles. The maximum absolute atomic E-state index is 11.9. The van der Waals surface area contributed by atoms with Crippen molar-refractivity contribution < 1.29 is 13.2 Å². The van der Waals surface area contributed by atoms with E-state index in [0.717, 1.165) is 0 Å². The Kier molecular flexibility index (Phi) is 5.06. The Labute approximate surface area is 108 Å². The number of nitrogens with zero attached hydrogens (tertiary/aromatic N) is 2. The van der Waals surface area contributed by atoms with E-state index in [2.05, 4.69) is 15.3 Å². The molecule has 18 heavy (non-hydrogen) atoms. The third kappa shape index (κ3) is 4.59. The fourth-order valence-electron chi connectivity index (χ4n) is 1.25. The lowest BCUT2D eigenvalue weighted by molar-refractivity contribution is -0.0327. The van der Waals surface area contributed by atoms with Gasteiger partial charge in [0.15, 0.2) is 0 Å². The number of nitrogen functional groups attached to an aromatic ring is 1. The standard InChI is InChI=1S/C10H15F3N4S/c1-3-7-16-8(14)6(2)9(17-7)15-4-5-18-10(11,12)13/h3-5H2,1-2H3,(H3,14,15,16,17). The van der Waals surface area contributed by atoms with Crippen LogP contribution in [0.3, 0.4) is 0 Å². The zero-order valence-corrected chi connectivity index (χ0v) is 11.0. The van der Waals surface area contributed by atoms with E-state index in [0.29, 0.717) is 29.4 Å². The molecular formula is C10H15F3N4S. The molecule has 0 aliphatic carbocycles. The van der Waals surface area contributed by atoms with Gasteiger partial charge in [0, 0.05) is 24.3 Å². The molecule has 1 rings (SSSR count). The predicted octanol–water partition coefficient (Wildman–Crippen LogP) is 2.59. The van der Waals surface area contributed by atoms with Gasteiger partial charge in [-0.15, -0.1) is 0 Å². The Hall–Kier alpha value is -1.18.